The van der Waals surface area contributed by atoms with Gasteiger partial charge in [0.05, 0.1) is 6.17 Å². The molecule has 5 heteroatoms. The second-order valence-corrected chi connectivity index (χ2v) is 7.53. The summed E-state index contributed by atoms with van der Waals surface area (Å²) in [6, 6.07) is 13.2. The summed E-state index contributed by atoms with van der Waals surface area (Å²) >= 11 is 0. The van der Waals surface area contributed by atoms with E-state index < -0.39 is 6.16 Å². The number of carbonyl (C=O) groups excluding carboxylic acids is 1. The van der Waals surface area contributed by atoms with Crippen molar-refractivity contribution in [3.05, 3.63) is 53.6 Å². The number of anilines is 1. The molecule has 2 aliphatic rings. The molecular weight excluding hydrogens is 328 g/mol. The molecule has 0 N–H and O–H groups in total. The Kier molecular flexibility index (Phi) is 3.92. The highest BCUT2D eigenvalue weighted by atomic mass is 16.7. The van der Waals surface area contributed by atoms with Crippen LogP contribution in [-0.4, -0.2) is 37.9 Å². The second kappa shape index (κ2) is 6.02. The molecule has 4 rings (SSSR count). The normalized spacial score (nSPS) is 24.3. The summed E-state index contributed by atoms with van der Waals surface area (Å²) in [6.45, 7) is 5.25. The largest absolute Gasteiger partial charge is 0.519 e. The maximum absolute atomic E-state index is 12.2. The van der Waals surface area contributed by atoms with E-state index in [2.05, 4.69) is 30.8 Å². The van der Waals surface area contributed by atoms with Crippen LogP contribution in [0.2, 0.25) is 0 Å². The summed E-state index contributed by atoms with van der Waals surface area (Å²) in [5.74, 6) is 1.04. The van der Waals surface area contributed by atoms with Gasteiger partial charge in [0.1, 0.15) is 11.5 Å². The van der Waals surface area contributed by atoms with Crippen LogP contribution < -0.4 is 14.4 Å². The van der Waals surface area contributed by atoms with E-state index >= 15 is 0 Å². The van der Waals surface area contributed by atoms with Crippen LogP contribution in [0, 0.1) is 6.92 Å². The fourth-order valence-corrected chi connectivity index (χ4v) is 4.50. The van der Waals surface area contributed by atoms with Crippen LogP contribution >= 0.6 is 0 Å². The number of hydrogen-bond acceptors (Lipinski definition) is 5. The van der Waals surface area contributed by atoms with Gasteiger partial charge in [0.2, 0.25) is 0 Å². The number of likely N-dealkylation sites (N-methyl/N-ethyl adjacent to an activating group) is 2. The number of ether oxygens (including phenoxy) is 2. The number of likely N-dealkylation sites (tertiary alicyclic amines) is 1. The number of para-hydroxylation sites is 1. The van der Waals surface area contributed by atoms with Crippen LogP contribution in [0.5, 0.6) is 11.5 Å². The molecule has 0 bridgehead atoms. The van der Waals surface area contributed by atoms with Crippen molar-refractivity contribution in [3.8, 4) is 11.5 Å². The standard InChI is InChI=1S/C21H24N2O3/c1-14-7-5-6-8-18(14)26-20(24)25-15-9-10-17-16(13-15)21(2)11-12-22(3)19(21)23(17)4/h5-10,13,19H,11-12H2,1-4H3/t19?,21-/m0/s1. The highest BCUT2D eigenvalue weighted by Gasteiger charge is 2.52. The third-order valence-corrected chi connectivity index (χ3v) is 5.79. The number of nitrogens with zero attached hydrogens (tertiary/aromatic N) is 2. The molecule has 0 amide bonds. The first-order chi connectivity index (χ1) is 12.4. The number of fused-ring (bicyclic) bond motifs is 3. The van der Waals surface area contributed by atoms with E-state index in [0.29, 0.717) is 17.7 Å². The summed E-state index contributed by atoms with van der Waals surface area (Å²) in [7, 11) is 4.29. The van der Waals surface area contributed by atoms with Crippen LogP contribution in [0.25, 0.3) is 0 Å². The molecule has 136 valence electrons. The summed E-state index contributed by atoms with van der Waals surface area (Å²) < 4.78 is 10.8. The summed E-state index contributed by atoms with van der Waals surface area (Å²) in [5.41, 5.74) is 3.36. The number of hydrogen-bond donors (Lipinski definition) is 0. The lowest BCUT2D eigenvalue weighted by molar-refractivity contribution is 0.151. The van der Waals surface area contributed by atoms with Crippen molar-refractivity contribution in [1.29, 1.82) is 0 Å². The van der Waals surface area contributed by atoms with E-state index in [4.69, 9.17) is 9.47 Å². The molecule has 5 nitrogen and oxygen atoms in total. The van der Waals surface area contributed by atoms with Gasteiger partial charge in [0.15, 0.2) is 0 Å². The molecule has 0 spiro atoms. The van der Waals surface area contributed by atoms with Gasteiger partial charge in [0.25, 0.3) is 0 Å². The van der Waals surface area contributed by atoms with Crippen molar-refractivity contribution >= 4 is 11.8 Å². The van der Waals surface area contributed by atoms with Gasteiger partial charge in [-0.2, -0.15) is 0 Å². The molecule has 0 radical (unpaired) electrons. The highest BCUT2D eigenvalue weighted by Crippen LogP contribution is 2.51. The molecular formula is C21H24N2O3. The fourth-order valence-electron chi connectivity index (χ4n) is 4.50. The minimum atomic E-state index is -0.712. The van der Waals surface area contributed by atoms with E-state index in [1.54, 1.807) is 6.07 Å². The Balaban J connectivity index is 1.56. The van der Waals surface area contributed by atoms with E-state index in [0.717, 1.165) is 18.5 Å². The topological polar surface area (TPSA) is 42.0 Å². The zero-order chi connectivity index (χ0) is 18.5. The average Bonchev–Trinajstić information content (AvgIpc) is 3.03. The highest BCUT2D eigenvalue weighted by molar-refractivity contribution is 5.70. The number of benzene rings is 2. The monoisotopic (exact) mass is 352 g/mol. The van der Waals surface area contributed by atoms with Crippen LogP contribution in [0.1, 0.15) is 24.5 Å². The van der Waals surface area contributed by atoms with Gasteiger partial charge >= 0.3 is 6.16 Å². The molecule has 2 aliphatic heterocycles. The zero-order valence-corrected chi connectivity index (χ0v) is 15.7. The molecule has 2 atom stereocenters. The van der Waals surface area contributed by atoms with Crippen LogP contribution in [0.15, 0.2) is 42.5 Å². The van der Waals surface area contributed by atoms with E-state index in [-0.39, 0.29) is 5.41 Å². The van der Waals surface area contributed by atoms with Gasteiger partial charge in [-0.1, -0.05) is 25.1 Å². The Morgan fingerprint density at radius 1 is 1.15 bits per heavy atom. The Bertz CT molecular complexity index is 866. The smallest absolute Gasteiger partial charge is 0.395 e. The maximum atomic E-state index is 12.2. The molecule has 1 fully saturated rings. The van der Waals surface area contributed by atoms with Gasteiger partial charge in [-0.25, -0.2) is 4.79 Å². The SMILES string of the molecule is Cc1ccccc1OC(=O)Oc1ccc2c(c1)[C@]1(C)CCN(C)C1N2C. The Hall–Kier alpha value is -2.53. The Morgan fingerprint density at radius 3 is 2.69 bits per heavy atom. The Morgan fingerprint density at radius 2 is 1.92 bits per heavy atom. The van der Waals surface area contributed by atoms with Crippen molar-refractivity contribution < 1.29 is 14.3 Å². The van der Waals surface area contributed by atoms with Crippen molar-refractivity contribution in [3.63, 3.8) is 0 Å². The third-order valence-electron chi connectivity index (χ3n) is 5.79. The van der Waals surface area contributed by atoms with Gasteiger partial charge in [-0.15, -0.1) is 0 Å². The molecule has 1 saturated heterocycles. The molecule has 0 saturated carbocycles. The van der Waals surface area contributed by atoms with Crippen LogP contribution in [0.3, 0.4) is 0 Å². The van der Waals surface area contributed by atoms with Crippen molar-refractivity contribution in [2.75, 3.05) is 25.5 Å². The van der Waals surface area contributed by atoms with Gasteiger partial charge in [-0.3, -0.25) is 4.90 Å². The van der Waals surface area contributed by atoms with E-state index in [1.807, 2.05) is 43.3 Å². The predicted octanol–water partition coefficient (Wildman–Crippen LogP) is 3.94. The number of aryl methyl sites for hydroxylation is 1. The number of carbonyl (C=O) groups is 1. The van der Waals surface area contributed by atoms with E-state index in [1.165, 1.54) is 11.3 Å². The maximum Gasteiger partial charge on any atom is 0.519 e. The first-order valence-corrected chi connectivity index (χ1v) is 8.93. The van der Waals surface area contributed by atoms with Gasteiger partial charge in [-0.05, 0) is 55.8 Å². The zero-order valence-electron chi connectivity index (χ0n) is 15.7. The van der Waals surface area contributed by atoms with Gasteiger partial charge in [0, 0.05) is 24.7 Å². The summed E-state index contributed by atoms with van der Waals surface area (Å²) in [5, 5.41) is 0. The van der Waals surface area contributed by atoms with E-state index in [9.17, 15) is 4.79 Å². The van der Waals surface area contributed by atoms with Crippen LogP contribution in [-0.2, 0) is 5.41 Å². The first-order valence-electron chi connectivity index (χ1n) is 8.93. The minimum absolute atomic E-state index is 0.0398. The minimum Gasteiger partial charge on any atom is -0.395 e. The van der Waals surface area contributed by atoms with Crippen LogP contribution in [0.4, 0.5) is 10.5 Å². The fraction of sp³-hybridized carbons (Fsp3) is 0.381. The third kappa shape index (κ3) is 2.54. The lowest BCUT2D eigenvalue weighted by atomic mass is 9.81. The first kappa shape index (κ1) is 16.9. The number of rotatable bonds is 2. The van der Waals surface area contributed by atoms with Gasteiger partial charge < -0.3 is 14.4 Å². The van der Waals surface area contributed by atoms with Crippen molar-refractivity contribution in [1.82, 2.24) is 4.90 Å². The predicted molar refractivity (Wildman–Crippen MR) is 101 cm³/mol. The quantitative estimate of drug-likeness (QED) is 0.605. The molecule has 1 unspecified atom stereocenters. The summed E-state index contributed by atoms with van der Waals surface area (Å²) in [4.78, 5) is 16.9. The lowest BCUT2D eigenvalue weighted by Crippen LogP contribution is -2.45. The second-order valence-electron chi connectivity index (χ2n) is 7.53. The molecule has 26 heavy (non-hydrogen) atoms. The molecule has 0 aliphatic carbocycles. The summed E-state index contributed by atoms with van der Waals surface area (Å²) in [6.07, 6.45) is 0.713. The molecule has 2 aromatic rings. The Labute approximate surface area is 154 Å². The molecule has 0 aromatic heterocycles. The lowest BCUT2D eigenvalue weighted by Gasteiger charge is -2.32. The van der Waals surface area contributed by atoms with Crippen molar-refractivity contribution in [2.24, 2.45) is 0 Å². The van der Waals surface area contributed by atoms with Crippen molar-refractivity contribution in [2.45, 2.75) is 31.8 Å². The molecule has 2 heterocycles. The average molecular weight is 352 g/mol. The molecule has 2 aromatic carbocycles.